The van der Waals surface area contributed by atoms with Gasteiger partial charge in [-0.2, -0.15) is 8.61 Å². The molecule has 0 saturated carbocycles. The Morgan fingerprint density at radius 2 is 1.57 bits per heavy atom. The van der Waals surface area contributed by atoms with E-state index in [1.807, 2.05) is 0 Å². The van der Waals surface area contributed by atoms with Gasteiger partial charge in [-0.3, -0.25) is 0 Å². The molecule has 2 rings (SSSR count). The van der Waals surface area contributed by atoms with Crippen molar-refractivity contribution in [3.63, 3.8) is 0 Å². The third kappa shape index (κ3) is 3.57. The van der Waals surface area contributed by atoms with Crippen LogP contribution < -0.4 is 5.73 Å². The number of sulfonamides is 2. The first-order valence-corrected chi connectivity index (χ1v) is 10.2. The lowest BCUT2D eigenvalue weighted by atomic mass is 10.3. The summed E-state index contributed by atoms with van der Waals surface area (Å²) in [5, 5.41) is 0. The van der Waals surface area contributed by atoms with Gasteiger partial charge in [-0.25, -0.2) is 16.8 Å². The Kier molecular flexibility index (Phi) is 4.64. The number of hydrogen-bond acceptors (Lipinski definition) is 5. The molecule has 0 aromatic heterocycles. The van der Waals surface area contributed by atoms with Crippen LogP contribution >= 0.6 is 15.9 Å². The van der Waals surface area contributed by atoms with Gasteiger partial charge in [0.25, 0.3) is 0 Å². The van der Waals surface area contributed by atoms with Crippen molar-refractivity contribution in [2.45, 2.75) is 4.90 Å². The summed E-state index contributed by atoms with van der Waals surface area (Å²) in [5.41, 5.74) is 6.06. The summed E-state index contributed by atoms with van der Waals surface area (Å²) >= 11 is 3.20. The molecule has 1 aliphatic heterocycles. The van der Waals surface area contributed by atoms with Gasteiger partial charge in [0.05, 0.1) is 11.2 Å². The Labute approximate surface area is 132 Å². The van der Waals surface area contributed by atoms with Crippen LogP contribution in [0.5, 0.6) is 0 Å². The quantitative estimate of drug-likeness (QED) is 0.738. The van der Waals surface area contributed by atoms with E-state index in [1.54, 1.807) is 0 Å². The Morgan fingerprint density at radius 1 is 1.05 bits per heavy atom. The number of piperazine rings is 1. The van der Waals surface area contributed by atoms with E-state index in [1.165, 1.54) is 26.8 Å². The number of nitrogen functional groups attached to an aromatic ring is 1. The highest BCUT2D eigenvalue weighted by Crippen LogP contribution is 2.27. The number of halogens is 1. The number of rotatable bonds is 3. The molecule has 1 saturated heterocycles. The van der Waals surface area contributed by atoms with Gasteiger partial charge in [0, 0.05) is 36.3 Å². The zero-order valence-electron chi connectivity index (χ0n) is 11.4. The van der Waals surface area contributed by atoms with Gasteiger partial charge in [0.15, 0.2) is 0 Å². The molecule has 10 heteroatoms. The average Bonchev–Trinajstić information content (AvgIpc) is 2.37. The third-order valence-corrected chi connectivity index (χ3v) is 7.42. The molecule has 0 spiro atoms. The van der Waals surface area contributed by atoms with Crippen molar-refractivity contribution in [2.75, 3.05) is 38.2 Å². The SMILES string of the molecule is CS(=O)(=O)N1CCN(S(=O)(=O)c2ccc(N)cc2Br)CC1. The van der Waals surface area contributed by atoms with E-state index in [9.17, 15) is 16.8 Å². The highest BCUT2D eigenvalue weighted by atomic mass is 79.9. The minimum Gasteiger partial charge on any atom is -0.399 e. The first-order valence-electron chi connectivity index (χ1n) is 6.12. The molecular formula is C11H16BrN3O4S2. The van der Waals surface area contributed by atoms with Gasteiger partial charge < -0.3 is 5.73 Å². The summed E-state index contributed by atoms with van der Waals surface area (Å²) in [6.07, 6.45) is 1.12. The highest BCUT2D eigenvalue weighted by molar-refractivity contribution is 9.10. The monoisotopic (exact) mass is 397 g/mol. The van der Waals surface area contributed by atoms with E-state index >= 15 is 0 Å². The molecule has 0 amide bonds. The largest absolute Gasteiger partial charge is 0.399 e. The molecule has 1 fully saturated rings. The molecule has 0 unspecified atom stereocenters. The molecule has 0 aliphatic carbocycles. The summed E-state index contributed by atoms with van der Waals surface area (Å²) in [7, 11) is -6.96. The second kappa shape index (κ2) is 5.84. The van der Waals surface area contributed by atoms with Gasteiger partial charge >= 0.3 is 0 Å². The molecule has 1 heterocycles. The zero-order chi connectivity index (χ0) is 15.8. The third-order valence-electron chi connectivity index (χ3n) is 3.24. The van der Waals surface area contributed by atoms with Gasteiger partial charge in [-0.05, 0) is 34.1 Å². The Balaban J connectivity index is 2.23. The summed E-state index contributed by atoms with van der Waals surface area (Å²) < 4.78 is 51.0. The minimum atomic E-state index is -3.67. The number of nitrogens with two attached hydrogens (primary N) is 1. The lowest BCUT2D eigenvalue weighted by Gasteiger charge is -2.32. The predicted octanol–water partition coefficient (Wildman–Crippen LogP) is 0.297. The zero-order valence-corrected chi connectivity index (χ0v) is 14.6. The second-order valence-corrected chi connectivity index (χ2v) is 9.50. The van der Waals surface area contributed by atoms with Crippen LogP contribution in [0.15, 0.2) is 27.6 Å². The van der Waals surface area contributed by atoms with Gasteiger partial charge in [0.1, 0.15) is 0 Å². The van der Waals surface area contributed by atoms with Crippen LogP contribution in [0.4, 0.5) is 5.69 Å². The fourth-order valence-corrected chi connectivity index (χ4v) is 5.41. The van der Waals surface area contributed by atoms with E-state index in [-0.39, 0.29) is 31.1 Å². The smallest absolute Gasteiger partial charge is 0.244 e. The molecular weight excluding hydrogens is 382 g/mol. The molecule has 1 aromatic carbocycles. The van der Waals surface area contributed by atoms with E-state index in [0.29, 0.717) is 10.2 Å². The van der Waals surface area contributed by atoms with Crippen molar-refractivity contribution in [1.82, 2.24) is 8.61 Å². The van der Waals surface area contributed by atoms with E-state index in [2.05, 4.69) is 15.9 Å². The molecule has 1 aliphatic rings. The minimum absolute atomic E-state index is 0.129. The fraction of sp³-hybridized carbons (Fsp3) is 0.455. The van der Waals surface area contributed by atoms with Crippen molar-refractivity contribution in [2.24, 2.45) is 0 Å². The first kappa shape index (κ1) is 16.7. The normalized spacial score (nSPS) is 18.8. The summed E-state index contributed by atoms with van der Waals surface area (Å²) in [5.74, 6) is 0. The number of anilines is 1. The van der Waals surface area contributed by atoms with Gasteiger partial charge in [-0.15, -0.1) is 0 Å². The number of benzene rings is 1. The van der Waals surface area contributed by atoms with E-state index in [0.717, 1.165) is 6.26 Å². The van der Waals surface area contributed by atoms with Crippen LogP contribution in [0, 0.1) is 0 Å². The van der Waals surface area contributed by atoms with E-state index < -0.39 is 20.0 Å². The molecule has 21 heavy (non-hydrogen) atoms. The molecule has 1 aromatic rings. The highest BCUT2D eigenvalue weighted by Gasteiger charge is 2.32. The second-order valence-electron chi connectivity index (χ2n) is 4.76. The van der Waals surface area contributed by atoms with Crippen LogP contribution in [-0.2, 0) is 20.0 Å². The topological polar surface area (TPSA) is 101 Å². The van der Waals surface area contributed by atoms with Crippen LogP contribution in [0.25, 0.3) is 0 Å². The lowest BCUT2D eigenvalue weighted by Crippen LogP contribution is -2.50. The van der Waals surface area contributed by atoms with Crippen molar-refractivity contribution in [1.29, 1.82) is 0 Å². The van der Waals surface area contributed by atoms with Crippen molar-refractivity contribution < 1.29 is 16.8 Å². The standard InChI is InChI=1S/C11H16BrN3O4S2/c1-20(16,17)14-4-6-15(7-5-14)21(18,19)11-3-2-9(13)8-10(11)12/h2-3,8H,4-7,13H2,1H3. The van der Waals surface area contributed by atoms with Crippen LogP contribution in [-0.4, -0.2) is 57.9 Å². The molecule has 118 valence electrons. The summed E-state index contributed by atoms with van der Waals surface area (Å²) in [4.78, 5) is 0.129. The Hall–Kier alpha value is -0.680. The van der Waals surface area contributed by atoms with Crippen LogP contribution in [0.2, 0.25) is 0 Å². The maximum absolute atomic E-state index is 12.6. The van der Waals surface area contributed by atoms with Crippen molar-refractivity contribution in [3.8, 4) is 0 Å². The molecule has 0 radical (unpaired) electrons. The summed E-state index contributed by atoms with van der Waals surface area (Å²) in [6, 6.07) is 4.49. The molecule has 7 nitrogen and oxygen atoms in total. The molecule has 0 atom stereocenters. The van der Waals surface area contributed by atoms with E-state index in [4.69, 9.17) is 5.73 Å². The Morgan fingerprint density at radius 3 is 2.05 bits per heavy atom. The fourth-order valence-electron chi connectivity index (χ4n) is 2.11. The summed E-state index contributed by atoms with van der Waals surface area (Å²) in [6.45, 7) is 0.577. The predicted molar refractivity (Wildman–Crippen MR) is 83.7 cm³/mol. The number of nitrogens with zero attached hydrogens (tertiary/aromatic N) is 2. The average molecular weight is 398 g/mol. The van der Waals surface area contributed by atoms with Crippen molar-refractivity contribution in [3.05, 3.63) is 22.7 Å². The maximum Gasteiger partial charge on any atom is 0.244 e. The van der Waals surface area contributed by atoms with Crippen LogP contribution in [0.3, 0.4) is 0 Å². The van der Waals surface area contributed by atoms with Gasteiger partial charge in [0.2, 0.25) is 20.0 Å². The number of hydrogen-bond donors (Lipinski definition) is 1. The lowest BCUT2D eigenvalue weighted by molar-refractivity contribution is 0.274. The first-order chi connectivity index (χ1) is 9.62. The van der Waals surface area contributed by atoms with Crippen LogP contribution in [0.1, 0.15) is 0 Å². The van der Waals surface area contributed by atoms with Gasteiger partial charge in [-0.1, -0.05) is 0 Å². The molecule has 0 bridgehead atoms. The maximum atomic E-state index is 12.6. The van der Waals surface area contributed by atoms with Crippen molar-refractivity contribution >= 4 is 41.7 Å². The Bertz CT molecular complexity index is 741. The molecule has 2 N–H and O–H groups in total.